The Bertz CT molecular complexity index is 884. The smallest absolute Gasteiger partial charge is 0.257 e. The third kappa shape index (κ3) is 3.23. The van der Waals surface area contributed by atoms with Crippen molar-refractivity contribution in [2.24, 2.45) is 4.40 Å². The van der Waals surface area contributed by atoms with E-state index in [1.165, 1.54) is 11.8 Å². The highest BCUT2D eigenvalue weighted by atomic mass is 32.2. The van der Waals surface area contributed by atoms with Gasteiger partial charge in [0.2, 0.25) is 0 Å². The second-order valence-corrected chi connectivity index (χ2v) is 9.83. The van der Waals surface area contributed by atoms with E-state index < -0.39 is 10.0 Å². The molecule has 0 aliphatic carbocycles. The molecule has 9 heteroatoms. The van der Waals surface area contributed by atoms with Crippen molar-refractivity contribution in [3.8, 4) is 0 Å². The van der Waals surface area contributed by atoms with Crippen LogP contribution in [0.1, 0.15) is 23.2 Å². The molecule has 0 radical (unpaired) electrons. The molecule has 1 aromatic carbocycles. The number of benzene rings is 1. The second kappa shape index (κ2) is 6.54. The molecule has 0 saturated carbocycles. The van der Waals surface area contributed by atoms with Crippen molar-refractivity contribution in [3.05, 3.63) is 23.8 Å². The van der Waals surface area contributed by atoms with Crippen LogP contribution in [0.25, 0.3) is 0 Å². The van der Waals surface area contributed by atoms with E-state index in [4.69, 9.17) is 0 Å². The van der Waals surface area contributed by atoms with Crippen molar-refractivity contribution >= 4 is 38.5 Å². The highest BCUT2D eigenvalue weighted by molar-refractivity contribution is 8.15. The first-order valence-corrected chi connectivity index (χ1v) is 11.1. The van der Waals surface area contributed by atoms with Crippen molar-refractivity contribution < 1.29 is 13.2 Å². The summed E-state index contributed by atoms with van der Waals surface area (Å²) in [5.74, 6) is 0.0305. The molecule has 0 spiro atoms. The molecule has 7 nitrogen and oxygen atoms in total. The zero-order chi connectivity index (χ0) is 18.5. The molecular formula is C17H22N4O3S2. The van der Waals surface area contributed by atoms with Gasteiger partial charge in [0.25, 0.3) is 15.9 Å². The third-order valence-corrected chi connectivity index (χ3v) is 7.49. The van der Waals surface area contributed by atoms with Crippen LogP contribution >= 0.6 is 11.8 Å². The summed E-state index contributed by atoms with van der Waals surface area (Å²) in [5, 5.41) is 0.484. The summed E-state index contributed by atoms with van der Waals surface area (Å²) < 4.78 is 27.3. The van der Waals surface area contributed by atoms with Crippen LogP contribution < -0.4 is 4.90 Å². The maximum absolute atomic E-state index is 12.9. The van der Waals surface area contributed by atoms with Crippen LogP contribution in [0, 0.1) is 0 Å². The molecule has 1 atom stereocenters. The van der Waals surface area contributed by atoms with E-state index in [1.54, 1.807) is 0 Å². The van der Waals surface area contributed by atoms with Gasteiger partial charge in [-0.25, -0.2) is 8.42 Å². The van der Waals surface area contributed by atoms with E-state index in [9.17, 15) is 13.2 Å². The van der Waals surface area contributed by atoms with Gasteiger partial charge in [0, 0.05) is 36.6 Å². The number of anilines is 1. The van der Waals surface area contributed by atoms with Crippen molar-refractivity contribution in [2.45, 2.75) is 23.8 Å². The van der Waals surface area contributed by atoms with E-state index in [-0.39, 0.29) is 17.7 Å². The van der Waals surface area contributed by atoms with E-state index in [0.717, 1.165) is 36.5 Å². The molecule has 0 N–H and O–H groups in total. The Morgan fingerprint density at radius 3 is 2.92 bits per heavy atom. The lowest BCUT2D eigenvalue weighted by Crippen LogP contribution is -2.47. The van der Waals surface area contributed by atoms with Crippen molar-refractivity contribution in [1.29, 1.82) is 0 Å². The van der Waals surface area contributed by atoms with Gasteiger partial charge >= 0.3 is 0 Å². The van der Waals surface area contributed by atoms with Gasteiger partial charge in [0.05, 0.1) is 11.4 Å². The molecule has 0 bridgehead atoms. The predicted octanol–water partition coefficient (Wildman–Crippen LogP) is 1.46. The van der Waals surface area contributed by atoms with Gasteiger partial charge < -0.3 is 14.7 Å². The number of thioether (sulfide) groups is 1. The lowest BCUT2D eigenvalue weighted by molar-refractivity contribution is 0.0644. The summed E-state index contributed by atoms with van der Waals surface area (Å²) in [5.41, 5.74) is 1.57. The number of amidine groups is 1. The molecule has 1 fully saturated rings. The summed E-state index contributed by atoms with van der Waals surface area (Å²) in [6.45, 7) is 2.38. The minimum Gasteiger partial charge on any atom is -0.337 e. The number of hydrogen-bond acceptors (Lipinski definition) is 6. The summed E-state index contributed by atoms with van der Waals surface area (Å²) >= 11 is 1.32. The highest BCUT2D eigenvalue weighted by Crippen LogP contribution is 2.42. The fourth-order valence-electron chi connectivity index (χ4n) is 3.69. The van der Waals surface area contributed by atoms with Crippen LogP contribution in [0.5, 0.6) is 0 Å². The molecule has 1 unspecified atom stereocenters. The zero-order valence-electron chi connectivity index (χ0n) is 14.9. The maximum Gasteiger partial charge on any atom is 0.257 e. The molecule has 0 aromatic heterocycles. The van der Waals surface area contributed by atoms with Crippen LogP contribution in [0.15, 0.2) is 27.5 Å². The van der Waals surface area contributed by atoms with Crippen LogP contribution in [0.3, 0.4) is 0 Å². The standard InChI is InChI=1S/C17H22N4O3S2/c1-19-7-3-4-13(11-19)20(2)16(22)12-5-6-14-15(10-12)25-17-18-26(23,24)9-8-21(14)17/h5-6,10,13H,3-4,7-9,11H2,1-2H3. The van der Waals surface area contributed by atoms with Gasteiger partial charge in [0.15, 0.2) is 5.17 Å². The van der Waals surface area contributed by atoms with E-state index in [2.05, 4.69) is 16.3 Å². The SMILES string of the molecule is CN1CCCC(N(C)C(=O)c2ccc3c(c2)SC2=NS(=O)(=O)CCN23)C1. The number of carbonyl (C=O) groups excluding carboxylic acids is 1. The normalized spacial score (nSPS) is 24.6. The molecule has 140 valence electrons. The quantitative estimate of drug-likeness (QED) is 0.756. The molecular weight excluding hydrogens is 372 g/mol. The van der Waals surface area contributed by atoms with Gasteiger partial charge in [-0.3, -0.25) is 4.79 Å². The molecule has 3 aliphatic rings. The van der Waals surface area contributed by atoms with Crippen LogP contribution in [0.2, 0.25) is 0 Å². The molecule has 1 saturated heterocycles. The Balaban J connectivity index is 1.56. The third-order valence-electron chi connectivity index (χ3n) is 5.19. The highest BCUT2D eigenvalue weighted by Gasteiger charge is 2.34. The van der Waals surface area contributed by atoms with Crippen LogP contribution in [0.4, 0.5) is 5.69 Å². The van der Waals surface area contributed by atoms with Crippen LogP contribution in [-0.2, 0) is 10.0 Å². The predicted molar refractivity (Wildman–Crippen MR) is 103 cm³/mol. The second-order valence-electron chi connectivity index (χ2n) is 7.07. The Hall–Kier alpha value is -1.58. The molecule has 3 heterocycles. The maximum atomic E-state index is 12.9. The van der Waals surface area contributed by atoms with Crippen molar-refractivity contribution in [3.63, 3.8) is 0 Å². The summed E-state index contributed by atoms with van der Waals surface area (Å²) in [7, 11) is 0.584. The van der Waals surface area contributed by atoms with E-state index >= 15 is 0 Å². The summed E-state index contributed by atoms with van der Waals surface area (Å²) in [6, 6.07) is 5.81. The van der Waals surface area contributed by atoms with Gasteiger partial charge in [-0.05, 0) is 56.4 Å². The monoisotopic (exact) mass is 394 g/mol. The number of sulfonamides is 1. The number of likely N-dealkylation sites (tertiary alicyclic amines) is 1. The van der Waals surface area contributed by atoms with Gasteiger partial charge in [0.1, 0.15) is 0 Å². The number of fused-ring (bicyclic) bond motifs is 3. The number of piperidine rings is 1. The Kier molecular flexibility index (Phi) is 4.48. The lowest BCUT2D eigenvalue weighted by Gasteiger charge is -2.36. The van der Waals surface area contributed by atoms with Crippen molar-refractivity contribution in [1.82, 2.24) is 9.80 Å². The molecule has 1 amide bonds. The summed E-state index contributed by atoms with van der Waals surface area (Å²) in [6.07, 6.45) is 2.12. The number of amides is 1. The fraction of sp³-hybridized carbons (Fsp3) is 0.529. The van der Waals surface area contributed by atoms with Gasteiger partial charge in [-0.2, -0.15) is 0 Å². The van der Waals surface area contributed by atoms with E-state index in [0.29, 0.717) is 17.3 Å². The van der Waals surface area contributed by atoms with E-state index in [1.807, 2.05) is 35.0 Å². The lowest BCUT2D eigenvalue weighted by atomic mass is 10.0. The number of nitrogens with zero attached hydrogens (tertiary/aromatic N) is 4. The zero-order valence-corrected chi connectivity index (χ0v) is 16.5. The average molecular weight is 395 g/mol. The van der Waals surface area contributed by atoms with Gasteiger partial charge in [-0.15, -0.1) is 4.40 Å². The topological polar surface area (TPSA) is 73.3 Å². The minimum atomic E-state index is -3.37. The Labute approximate surface area is 158 Å². The van der Waals surface area contributed by atoms with Gasteiger partial charge in [-0.1, -0.05) is 0 Å². The number of rotatable bonds is 2. The molecule has 4 rings (SSSR count). The fourth-order valence-corrected chi connectivity index (χ4v) is 5.98. The number of likely N-dealkylation sites (N-methyl/N-ethyl adjacent to an activating group) is 2. The van der Waals surface area contributed by atoms with Crippen LogP contribution in [-0.4, -0.2) is 74.8 Å². The first kappa shape index (κ1) is 17.8. The number of hydrogen-bond donors (Lipinski definition) is 0. The molecule has 3 aliphatic heterocycles. The van der Waals surface area contributed by atoms with Crippen molar-refractivity contribution in [2.75, 3.05) is 44.4 Å². The Morgan fingerprint density at radius 1 is 1.35 bits per heavy atom. The average Bonchev–Trinajstić information content (AvgIpc) is 2.95. The first-order chi connectivity index (χ1) is 12.3. The first-order valence-electron chi connectivity index (χ1n) is 8.72. The molecule has 26 heavy (non-hydrogen) atoms. The Morgan fingerprint density at radius 2 is 2.15 bits per heavy atom. The summed E-state index contributed by atoms with van der Waals surface area (Å²) in [4.78, 5) is 19.8. The largest absolute Gasteiger partial charge is 0.337 e. The molecule has 1 aromatic rings. The number of carbonyl (C=O) groups is 1. The minimum absolute atomic E-state index is 0.00753.